The quantitative estimate of drug-likeness (QED) is 0.685. The molecule has 0 atom stereocenters. The number of carbonyl (C=O) groups excluding carboxylic acids is 1. The molecule has 1 aliphatic rings. The summed E-state index contributed by atoms with van der Waals surface area (Å²) in [5.74, 6) is -2.40. The van der Waals surface area contributed by atoms with Crippen LogP contribution in [-0.4, -0.2) is 16.8 Å². The number of aldehydes is 1. The Bertz CT molecular complexity index is 338. The van der Waals surface area contributed by atoms with Crippen molar-refractivity contribution in [2.24, 2.45) is 5.92 Å². The second-order valence-electron chi connectivity index (χ2n) is 3.89. The Labute approximate surface area is 80.5 Å². The topological polar surface area (TPSA) is 22.0 Å². The van der Waals surface area contributed by atoms with Gasteiger partial charge in [-0.05, 0) is 12.0 Å². The summed E-state index contributed by atoms with van der Waals surface area (Å²) in [6.07, 6.45) is 4.14. The largest absolute Gasteiger partial charge is 0.353 e. The Hall–Kier alpha value is -1.19. The van der Waals surface area contributed by atoms with E-state index in [4.69, 9.17) is 0 Å². The Kier molecular flexibility index (Phi) is 2.13. The molecule has 0 aromatic carbocycles. The van der Waals surface area contributed by atoms with Gasteiger partial charge in [0.05, 0.1) is 0 Å². The fourth-order valence-electron chi connectivity index (χ4n) is 1.85. The first-order valence-electron chi connectivity index (χ1n) is 4.58. The van der Waals surface area contributed by atoms with Crippen molar-refractivity contribution in [3.8, 4) is 0 Å². The zero-order valence-corrected chi connectivity index (χ0v) is 7.62. The van der Waals surface area contributed by atoms with Gasteiger partial charge in [0.2, 0.25) is 5.92 Å². The van der Waals surface area contributed by atoms with Gasteiger partial charge in [0.1, 0.15) is 0 Å². The third-order valence-corrected chi connectivity index (χ3v) is 2.55. The van der Waals surface area contributed by atoms with Crippen molar-refractivity contribution >= 4 is 6.29 Å². The first-order valence-corrected chi connectivity index (χ1v) is 4.58. The molecule has 0 amide bonds. The van der Waals surface area contributed by atoms with Crippen LogP contribution in [0.3, 0.4) is 0 Å². The molecule has 1 heterocycles. The Morgan fingerprint density at radius 2 is 2.29 bits per heavy atom. The maximum absolute atomic E-state index is 12.5. The van der Waals surface area contributed by atoms with E-state index in [0.29, 0.717) is 12.1 Å². The molecule has 4 heteroatoms. The van der Waals surface area contributed by atoms with Gasteiger partial charge in [0.25, 0.3) is 0 Å². The SMILES string of the molecule is O=Cc1ccn(CC2CC(F)(F)C2)c1. The standard InChI is InChI=1S/C10H11F2NO/c11-10(12)3-9(4-10)6-13-2-1-8(5-13)7-14/h1-2,5,7,9H,3-4,6H2. The van der Waals surface area contributed by atoms with E-state index in [1.165, 1.54) is 0 Å². The highest BCUT2D eigenvalue weighted by molar-refractivity contribution is 5.74. The Morgan fingerprint density at radius 1 is 1.57 bits per heavy atom. The minimum Gasteiger partial charge on any atom is -0.353 e. The Balaban J connectivity index is 1.90. The number of rotatable bonds is 3. The van der Waals surface area contributed by atoms with Crippen LogP contribution in [0.25, 0.3) is 0 Å². The second kappa shape index (κ2) is 3.19. The summed E-state index contributed by atoms with van der Waals surface area (Å²) in [7, 11) is 0. The summed E-state index contributed by atoms with van der Waals surface area (Å²) < 4.78 is 26.8. The van der Waals surface area contributed by atoms with E-state index in [0.717, 1.165) is 6.29 Å². The minimum atomic E-state index is -2.45. The van der Waals surface area contributed by atoms with Crippen LogP contribution < -0.4 is 0 Å². The normalized spacial score (nSPS) is 20.4. The predicted octanol–water partition coefficient (Wildman–Crippen LogP) is 2.35. The van der Waals surface area contributed by atoms with Crippen LogP contribution in [0.4, 0.5) is 8.78 Å². The molecule has 76 valence electrons. The van der Waals surface area contributed by atoms with Crippen molar-refractivity contribution in [2.75, 3.05) is 0 Å². The van der Waals surface area contributed by atoms with Gasteiger partial charge in [-0.15, -0.1) is 0 Å². The van der Waals surface area contributed by atoms with Crippen LogP contribution in [-0.2, 0) is 6.54 Å². The highest BCUT2D eigenvalue weighted by atomic mass is 19.3. The first kappa shape index (κ1) is 9.37. The van der Waals surface area contributed by atoms with Crippen LogP contribution >= 0.6 is 0 Å². The van der Waals surface area contributed by atoms with E-state index < -0.39 is 5.92 Å². The molecule has 0 radical (unpaired) electrons. The molecule has 0 aliphatic heterocycles. The molecule has 0 saturated heterocycles. The maximum atomic E-state index is 12.5. The van der Waals surface area contributed by atoms with Crippen molar-refractivity contribution < 1.29 is 13.6 Å². The molecule has 1 aromatic heterocycles. The van der Waals surface area contributed by atoms with E-state index in [1.807, 2.05) is 0 Å². The van der Waals surface area contributed by atoms with Crippen LogP contribution in [0.2, 0.25) is 0 Å². The lowest BCUT2D eigenvalue weighted by molar-refractivity contribution is -0.114. The van der Waals surface area contributed by atoms with E-state index in [1.54, 1.807) is 23.0 Å². The lowest BCUT2D eigenvalue weighted by atomic mass is 9.81. The lowest BCUT2D eigenvalue weighted by Crippen LogP contribution is -2.37. The number of alkyl halides is 2. The number of hydrogen-bond donors (Lipinski definition) is 0. The molecule has 0 spiro atoms. The zero-order chi connectivity index (χ0) is 10.2. The lowest BCUT2D eigenvalue weighted by Gasteiger charge is -2.35. The van der Waals surface area contributed by atoms with E-state index >= 15 is 0 Å². The highest BCUT2D eigenvalue weighted by Gasteiger charge is 2.44. The van der Waals surface area contributed by atoms with E-state index in [9.17, 15) is 13.6 Å². The molecule has 1 saturated carbocycles. The number of carbonyl (C=O) groups is 1. The number of halogens is 2. The summed E-state index contributed by atoms with van der Waals surface area (Å²) in [4.78, 5) is 10.4. The summed E-state index contributed by atoms with van der Waals surface area (Å²) in [6.45, 7) is 0.587. The van der Waals surface area contributed by atoms with Gasteiger partial charge < -0.3 is 4.57 Å². The molecule has 1 aliphatic carbocycles. The van der Waals surface area contributed by atoms with Gasteiger partial charge in [-0.3, -0.25) is 4.79 Å². The minimum absolute atomic E-state index is 0.0262. The van der Waals surface area contributed by atoms with E-state index in [2.05, 4.69) is 0 Å². The molecule has 0 unspecified atom stereocenters. The van der Waals surface area contributed by atoms with Crippen molar-refractivity contribution in [3.05, 3.63) is 24.0 Å². The monoisotopic (exact) mass is 199 g/mol. The molecule has 2 nitrogen and oxygen atoms in total. The molecule has 1 aromatic rings. The van der Waals surface area contributed by atoms with Gasteiger partial charge in [-0.2, -0.15) is 0 Å². The smallest absolute Gasteiger partial charge is 0.248 e. The van der Waals surface area contributed by atoms with E-state index in [-0.39, 0.29) is 18.8 Å². The molecular weight excluding hydrogens is 188 g/mol. The van der Waals surface area contributed by atoms with Crippen LogP contribution in [0.15, 0.2) is 18.5 Å². The van der Waals surface area contributed by atoms with Crippen LogP contribution in [0, 0.1) is 5.92 Å². The fourth-order valence-corrected chi connectivity index (χ4v) is 1.85. The third kappa shape index (κ3) is 1.84. The van der Waals surface area contributed by atoms with Crippen molar-refractivity contribution in [1.29, 1.82) is 0 Å². The van der Waals surface area contributed by atoms with Crippen molar-refractivity contribution in [3.63, 3.8) is 0 Å². The third-order valence-electron chi connectivity index (χ3n) is 2.55. The number of hydrogen-bond acceptors (Lipinski definition) is 1. The average molecular weight is 199 g/mol. The molecule has 0 N–H and O–H groups in total. The maximum Gasteiger partial charge on any atom is 0.248 e. The molecule has 2 rings (SSSR count). The number of nitrogens with zero attached hydrogens (tertiary/aromatic N) is 1. The van der Waals surface area contributed by atoms with Crippen LogP contribution in [0.5, 0.6) is 0 Å². The van der Waals surface area contributed by atoms with Gasteiger partial charge in [0, 0.05) is 37.3 Å². The fraction of sp³-hybridized carbons (Fsp3) is 0.500. The summed E-state index contributed by atoms with van der Waals surface area (Å²) >= 11 is 0. The van der Waals surface area contributed by atoms with Gasteiger partial charge in [-0.25, -0.2) is 8.78 Å². The second-order valence-corrected chi connectivity index (χ2v) is 3.89. The molecule has 1 fully saturated rings. The highest BCUT2D eigenvalue weighted by Crippen LogP contribution is 2.43. The zero-order valence-electron chi connectivity index (χ0n) is 7.62. The molecular formula is C10H11F2NO. The number of aromatic nitrogens is 1. The molecule has 0 bridgehead atoms. The Morgan fingerprint density at radius 3 is 2.79 bits per heavy atom. The first-order chi connectivity index (χ1) is 6.59. The van der Waals surface area contributed by atoms with Gasteiger partial charge in [-0.1, -0.05) is 0 Å². The van der Waals surface area contributed by atoms with Crippen LogP contribution in [0.1, 0.15) is 23.2 Å². The van der Waals surface area contributed by atoms with Crippen molar-refractivity contribution in [1.82, 2.24) is 4.57 Å². The average Bonchev–Trinajstić information content (AvgIpc) is 2.49. The summed E-state index contributed by atoms with van der Waals surface area (Å²) in [6, 6.07) is 1.68. The molecule has 14 heavy (non-hydrogen) atoms. The predicted molar refractivity (Wildman–Crippen MR) is 47.5 cm³/mol. The summed E-state index contributed by atoms with van der Waals surface area (Å²) in [5, 5.41) is 0. The van der Waals surface area contributed by atoms with Crippen molar-refractivity contribution in [2.45, 2.75) is 25.3 Å². The van der Waals surface area contributed by atoms with Gasteiger partial charge >= 0.3 is 0 Å². The summed E-state index contributed by atoms with van der Waals surface area (Å²) in [5.41, 5.74) is 0.594. The van der Waals surface area contributed by atoms with Gasteiger partial charge in [0.15, 0.2) is 6.29 Å².